The molecule has 0 fully saturated rings. The summed E-state index contributed by atoms with van der Waals surface area (Å²) in [6.45, 7) is 8.66. The lowest BCUT2D eigenvalue weighted by Gasteiger charge is -2.29. The molecule has 0 aliphatic rings. The fourth-order valence-corrected chi connectivity index (χ4v) is 9.98. The van der Waals surface area contributed by atoms with Gasteiger partial charge in [-0.15, -0.1) is 0 Å². The van der Waals surface area contributed by atoms with Crippen molar-refractivity contribution in [2.75, 3.05) is 9.80 Å². The standard InChI is InChI=1S/C58H44N2O2/c1-5-37-19-27-41(28-20-37)59(51-17-9-15-45-43-13-7-11-35(3)55(43)61-57(45)51)49-33-25-39-24-32-48-50(34-26-40-23-31-47(49)53(39)54(40)48)60(42-29-21-38(6-2)22-30-42)52-18-10-16-46-44-14-8-12-36(4)56(44)62-58(46)52/h7-34H,5-6H2,1-4H3. The Morgan fingerprint density at radius 3 is 1.11 bits per heavy atom. The molecular formula is C58H44N2O2. The highest BCUT2D eigenvalue weighted by Crippen LogP contribution is 2.50. The summed E-state index contributed by atoms with van der Waals surface area (Å²) >= 11 is 0. The van der Waals surface area contributed by atoms with Gasteiger partial charge < -0.3 is 18.6 Å². The number of para-hydroxylation sites is 4. The average molecular weight is 801 g/mol. The maximum Gasteiger partial charge on any atom is 0.159 e. The van der Waals surface area contributed by atoms with Crippen molar-refractivity contribution >= 4 is 110 Å². The Labute approximate surface area is 360 Å². The first-order chi connectivity index (χ1) is 30.5. The molecule has 0 saturated carbocycles. The van der Waals surface area contributed by atoms with Crippen LogP contribution in [0.3, 0.4) is 0 Å². The van der Waals surface area contributed by atoms with Gasteiger partial charge in [0.25, 0.3) is 0 Å². The van der Waals surface area contributed by atoms with E-state index in [0.29, 0.717) is 0 Å². The molecule has 2 aromatic heterocycles. The third kappa shape index (κ3) is 5.39. The minimum Gasteiger partial charge on any atom is -0.454 e. The van der Waals surface area contributed by atoms with Crippen LogP contribution in [0.1, 0.15) is 36.1 Å². The summed E-state index contributed by atoms with van der Waals surface area (Å²) in [5.74, 6) is 0. The van der Waals surface area contributed by atoms with Gasteiger partial charge in [-0.05, 0) is 119 Å². The lowest BCUT2D eigenvalue weighted by atomic mass is 9.91. The van der Waals surface area contributed by atoms with Gasteiger partial charge in [0.05, 0.1) is 22.7 Å². The molecule has 0 aliphatic heterocycles. The van der Waals surface area contributed by atoms with E-state index in [4.69, 9.17) is 8.83 Å². The van der Waals surface area contributed by atoms with Gasteiger partial charge in [0.2, 0.25) is 0 Å². The highest BCUT2D eigenvalue weighted by molar-refractivity contribution is 6.28. The number of benzene rings is 10. The van der Waals surface area contributed by atoms with Gasteiger partial charge in [-0.1, -0.05) is 135 Å². The minimum absolute atomic E-state index is 0.879. The second-order valence-corrected chi connectivity index (χ2v) is 16.7. The lowest BCUT2D eigenvalue weighted by Crippen LogP contribution is -2.12. The van der Waals surface area contributed by atoms with E-state index in [1.54, 1.807) is 0 Å². The van der Waals surface area contributed by atoms with Gasteiger partial charge >= 0.3 is 0 Å². The number of furan rings is 2. The highest BCUT2D eigenvalue weighted by Gasteiger charge is 2.26. The van der Waals surface area contributed by atoms with Crippen molar-refractivity contribution < 1.29 is 8.83 Å². The Kier molecular flexibility index (Phi) is 8.20. The molecule has 0 N–H and O–H groups in total. The van der Waals surface area contributed by atoms with Gasteiger partial charge in [0.15, 0.2) is 11.2 Å². The molecule has 4 nitrogen and oxygen atoms in total. The predicted octanol–water partition coefficient (Wildman–Crippen LogP) is 17.1. The molecule has 0 amide bonds. The van der Waals surface area contributed by atoms with Crippen molar-refractivity contribution in [3.05, 3.63) is 192 Å². The summed E-state index contributed by atoms with van der Waals surface area (Å²) in [5, 5.41) is 11.7. The second kappa shape index (κ2) is 14.0. The fraction of sp³-hybridized carbons (Fsp3) is 0.103. The number of rotatable bonds is 8. The van der Waals surface area contributed by atoms with E-state index in [-0.39, 0.29) is 0 Å². The number of aryl methyl sites for hydroxylation is 4. The van der Waals surface area contributed by atoms with Crippen LogP contribution in [0, 0.1) is 13.8 Å². The molecule has 0 atom stereocenters. The summed E-state index contributed by atoms with van der Waals surface area (Å²) < 4.78 is 13.7. The monoisotopic (exact) mass is 800 g/mol. The largest absolute Gasteiger partial charge is 0.454 e. The molecule has 12 aromatic rings. The van der Waals surface area contributed by atoms with Gasteiger partial charge in [0.1, 0.15) is 11.2 Å². The molecule has 0 saturated heterocycles. The van der Waals surface area contributed by atoms with Crippen LogP contribution >= 0.6 is 0 Å². The molecule has 12 rings (SSSR count). The van der Waals surface area contributed by atoms with Crippen LogP contribution in [-0.2, 0) is 12.8 Å². The summed E-state index contributed by atoms with van der Waals surface area (Å²) in [4.78, 5) is 4.80. The molecule has 0 unspecified atom stereocenters. The van der Waals surface area contributed by atoms with Gasteiger partial charge in [-0.2, -0.15) is 0 Å². The first kappa shape index (κ1) is 36.3. The molecule has 0 bridgehead atoms. The smallest absolute Gasteiger partial charge is 0.159 e. The van der Waals surface area contributed by atoms with Crippen LogP contribution in [0.25, 0.3) is 76.2 Å². The lowest BCUT2D eigenvalue weighted by molar-refractivity contribution is 0.665. The first-order valence-electron chi connectivity index (χ1n) is 21.8. The van der Waals surface area contributed by atoms with Gasteiger partial charge in [-0.25, -0.2) is 0 Å². The zero-order valence-electron chi connectivity index (χ0n) is 35.3. The summed E-state index contributed by atoms with van der Waals surface area (Å²) in [7, 11) is 0. The molecule has 10 aromatic carbocycles. The number of fused-ring (bicyclic) bond motifs is 6. The number of hydrogen-bond acceptors (Lipinski definition) is 4. The maximum absolute atomic E-state index is 6.85. The van der Waals surface area contributed by atoms with E-state index < -0.39 is 0 Å². The minimum atomic E-state index is 0.879. The van der Waals surface area contributed by atoms with Crippen molar-refractivity contribution in [1.29, 1.82) is 0 Å². The summed E-state index contributed by atoms with van der Waals surface area (Å²) in [6.07, 6.45) is 1.95. The van der Waals surface area contributed by atoms with Crippen LogP contribution in [0.2, 0.25) is 0 Å². The maximum atomic E-state index is 6.85. The van der Waals surface area contributed by atoms with E-state index >= 15 is 0 Å². The molecule has 2 heterocycles. The van der Waals surface area contributed by atoms with Crippen molar-refractivity contribution in [3.8, 4) is 0 Å². The molecule has 298 valence electrons. The predicted molar refractivity (Wildman–Crippen MR) is 262 cm³/mol. The van der Waals surface area contributed by atoms with E-state index in [9.17, 15) is 0 Å². The highest BCUT2D eigenvalue weighted by atomic mass is 16.3. The number of anilines is 6. The van der Waals surface area contributed by atoms with Crippen molar-refractivity contribution in [2.24, 2.45) is 0 Å². The van der Waals surface area contributed by atoms with Crippen LogP contribution < -0.4 is 9.80 Å². The Bertz CT molecular complexity index is 3440. The quantitative estimate of drug-likeness (QED) is 0.143. The van der Waals surface area contributed by atoms with E-state index in [2.05, 4.69) is 207 Å². The molecule has 0 aliphatic carbocycles. The summed E-state index contributed by atoms with van der Waals surface area (Å²) in [5.41, 5.74) is 14.9. The molecule has 0 radical (unpaired) electrons. The van der Waals surface area contributed by atoms with Crippen molar-refractivity contribution in [3.63, 3.8) is 0 Å². The van der Waals surface area contributed by atoms with Crippen LogP contribution in [0.4, 0.5) is 34.1 Å². The van der Waals surface area contributed by atoms with Crippen LogP contribution in [-0.4, -0.2) is 0 Å². The third-order valence-electron chi connectivity index (χ3n) is 13.2. The van der Waals surface area contributed by atoms with Crippen LogP contribution in [0.5, 0.6) is 0 Å². The zero-order valence-corrected chi connectivity index (χ0v) is 35.3. The Balaban J connectivity index is 1.13. The Morgan fingerprint density at radius 1 is 0.339 bits per heavy atom. The molecule has 4 heteroatoms. The van der Waals surface area contributed by atoms with E-state index in [0.717, 1.165) is 102 Å². The second-order valence-electron chi connectivity index (χ2n) is 16.7. The number of hydrogen-bond donors (Lipinski definition) is 0. The summed E-state index contributed by atoms with van der Waals surface area (Å²) in [6, 6.07) is 62.3. The van der Waals surface area contributed by atoms with Crippen molar-refractivity contribution in [1.82, 2.24) is 0 Å². The molecule has 62 heavy (non-hydrogen) atoms. The van der Waals surface area contributed by atoms with Crippen molar-refractivity contribution in [2.45, 2.75) is 40.5 Å². The zero-order chi connectivity index (χ0) is 41.6. The first-order valence-corrected chi connectivity index (χ1v) is 21.8. The molecular weight excluding hydrogens is 757 g/mol. The van der Waals surface area contributed by atoms with Gasteiger partial charge in [-0.3, -0.25) is 0 Å². The average Bonchev–Trinajstić information content (AvgIpc) is 3.91. The Morgan fingerprint density at radius 2 is 0.710 bits per heavy atom. The fourth-order valence-electron chi connectivity index (χ4n) is 9.98. The third-order valence-corrected chi connectivity index (χ3v) is 13.2. The SMILES string of the molecule is CCc1ccc(N(c2ccc3ccc4c(N(c5ccc(CC)cc5)c5cccc6c5oc5c(C)cccc56)ccc5ccc2c3c54)c2cccc3c2oc2c(C)cccc23)cc1. The normalized spacial score (nSPS) is 12.0. The van der Waals surface area contributed by atoms with E-state index in [1.807, 2.05) is 0 Å². The topological polar surface area (TPSA) is 32.8 Å². The molecule has 0 spiro atoms. The van der Waals surface area contributed by atoms with Crippen LogP contribution in [0.15, 0.2) is 179 Å². The van der Waals surface area contributed by atoms with E-state index in [1.165, 1.54) is 43.4 Å². The van der Waals surface area contributed by atoms with Gasteiger partial charge in [0, 0.05) is 43.7 Å². The number of nitrogens with zero attached hydrogens (tertiary/aromatic N) is 2. The Hall–Kier alpha value is -7.56.